The fourth-order valence-corrected chi connectivity index (χ4v) is 3.15. The number of rotatable bonds is 8. The van der Waals surface area contributed by atoms with Gasteiger partial charge in [-0.05, 0) is 12.0 Å². The Labute approximate surface area is 162 Å². The Morgan fingerprint density at radius 2 is 1.89 bits per heavy atom. The van der Waals surface area contributed by atoms with Gasteiger partial charge in [-0.3, -0.25) is 4.90 Å². The first kappa shape index (κ1) is 19.3. The summed E-state index contributed by atoms with van der Waals surface area (Å²) in [7, 11) is 2.07. The first-order valence-electron chi connectivity index (χ1n) is 9.86. The van der Waals surface area contributed by atoms with Gasteiger partial charge in [-0.2, -0.15) is 10.1 Å². The van der Waals surface area contributed by atoms with E-state index in [4.69, 9.17) is 4.98 Å². The van der Waals surface area contributed by atoms with Crippen LogP contribution in [0.5, 0.6) is 0 Å². The zero-order valence-electron chi connectivity index (χ0n) is 16.5. The highest BCUT2D eigenvalue weighted by molar-refractivity contribution is 5.48. The third-order valence-corrected chi connectivity index (χ3v) is 4.90. The van der Waals surface area contributed by atoms with Gasteiger partial charge >= 0.3 is 0 Å². The predicted octanol–water partition coefficient (Wildman–Crippen LogP) is 2.94. The topological polar surface area (TPSA) is 48.4 Å². The van der Waals surface area contributed by atoms with E-state index in [0.29, 0.717) is 0 Å². The van der Waals surface area contributed by atoms with Gasteiger partial charge in [0.1, 0.15) is 0 Å². The zero-order chi connectivity index (χ0) is 18.9. The average Bonchev–Trinajstić information content (AvgIpc) is 2.73. The Bertz CT molecular complexity index is 710. The zero-order valence-corrected chi connectivity index (χ0v) is 16.5. The quantitative estimate of drug-likeness (QED) is 0.716. The number of aromatic nitrogens is 3. The summed E-state index contributed by atoms with van der Waals surface area (Å²) in [5, 5.41) is 8.43. The van der Waals surface area contributed by atoms with Crippen molar-refractivity contribution in [3.05, 3.63) is 48.2 Å². The molecular weight excluding hydrogens is 336 g/mol. The van der Waals surface area contributed by atoms with Crippen molar-refractivity contribution >= 4 is 17.8 Å². The summed E-state index contributed by atoms with van der Waals surface area (Å²) < 4.78 is 0. The summed E-state index contributed by atoms with van der Waals surface area (Å²) >= 11 is 0. The first-order chi connectivity index (χ1) is 13.3. The minimum absolute atomic E-state index is 0.746. The second kappa shape index (κ2) is 10.0. The van der Waals surface area contributed by atoms with E-state index in [1.165, 1.54) is 12.0 Å². The summed E-state index contributed by atoms with van der Waals surface area (Å²) in [6, 6.07) is 10.4. The molecule has 6 nitrogen and oxygen atoms in total. The average molecular weight is 367 g/mol. The third-order valence-electron chi connectivity index (χ3n) is 4.90. The van der Waals surface area contributed by atoms with Gasteiger partial charge in [0, 0.05) is 46.3 Å². The van der Waals surface area contributed by atoms with E-state index in [1.54, 1.807) is 6.20 Å². The predicted molar refractivity (Wildman–Crippen MR) is 112 cm³/mol. The molecule has 1 saturated heterocycles. The van der Waals surface area contributed by atoms with Gasteiger partial charge in [-0.25, -0.2) is 0 Å². The van der Waals surface area contributed by atoms with Crippen LogP contribution in [-0.2, 0) is 0 Å². The highest BCUT2D eigenvalue weighted by Crippen LogP contribution is 2.15. The monoisotopic (exact) mass is 366 g/mol. The molecule has 0 aliphatic carbocycles. The molecule has 6 heteroatoms. The molecule has 1 aliphatic heterocycles. The molecule has 1 aromatic heterocycles. The number of nitrogens with zero attached hydrogens (tertiary/aromatic N) is 6. The molecule has 0 saturated carbocycles. The number of hydrogen-bond donors (Lipinski definition) is 0. The number of benzene rings is 1. The van der Waals surface area contributed by atoms with Gasteiger partial charge in [0.15, 0.2) is 5.82 Å². The second-order valence-electron chi connectivity index (χ2n) is 6.99. The van der Waals surface area contributed by atoms with Crippen LogP contribution in [-0.4, -0.2) is 66.4 Å². The smallest absolute Gasteiger partial charge is 0.247 e. The van der Waals surface area contributed by atoms with Crippen LogP contribution in [0.3, 0.4) is 0 Å². The molecule has 0 radical (unpaired) electrons. The molecular formula is C21H30N6. The molecule has 3 rings (SSSR count). The van der Waals surface area contributed by atoms with Crippen LogP contribution in [0.4, 0.5) is 11.8 Å². The summed E-state index contributed by atoms with van der Waals surface area (Å²) in [5.74, 6) is 1.65. The number of unbranched alkanes of at least 4 members (excludes halogenated alkanes) is 1. The maximum atomic E-state index is 4.72. The molecule has 144 valence electrons. The van der Waals surface area contributed by atoms with Crippen LogP contribution in [0.1, 0.15) is 25.3 Å². The molecule has 1 fully saturated rings. The Morgan fingerprint density at radius 1 is 1.11 bits per heavy atom. The minimum Gasteiger partial charge on any atom is -0.358 e. The third kappa shape index (κ3) is 5.76. The lowest BCUT2D eigenvalue weighted by Crippen LogP contribution is -2.47. The van der Waals surface area contributed by atoms with Crippen molar-refractivity contribution in [3.63, 3.8) is 0 Å². The standard InChI is InChI=1S/C21H30N6/c1-3-4-12-25(2)20-18-22-24-21(23-20)27-16-14-26(15-17-27)13-8-11-19-9-6-5-7-10-19/h5-11,18H,3-4,12-17H2,1-2H3/b11-8+. The van der Waals surface area contributed by atoms with Crippen LogP contribution < -0.4 is 9.80 Å². The fourth-order valence-electron chi connectivity index (χ4n) is 3.15. The Balaban J connectivity index is 1.49. The van der Waals surface area contributed by atoms with Crippen LogP contribution >= 0.6 is 0 Å². The van der Waals surface area contributed by atoms with Gasteiger partial charge in [-0.1, -0.05) is 55.8 Å². The lowest BCUT2D eigenvalue weighted by Gasteiger charge is -2.34. The number of hydrogen-bond acceptors (Lipinski definition) is 6. The Morgan fingerprint density at radius 3 is 2.63 bits per heavy atom. The minimum atomic E-state index is 0.746. The largest absolute Gasteiger partial charge is 0.358 e. The van der Waals surface area contributed by atoms with Gasteiger partial charge in [-0.15, -0.1) is 5.10 Å². The molecule has 2 heterocycles. The van der Waals surface area contributed by atoms with Crippen molar-refractivity contribution in [1.29, 1.82) is 0 Å². The molecule has 0 N–H and O–H groups in total. The maximum Gasteiger partial charge on any atom is 0.247 e. The summed E-state index contributed by atoms with van der Waals surface area (Å²) in [5.41, 5.74) is 1.25. The van der Waals surface area contributed by atoms with E-state index < -0.39 is 0 Å². The molecule has 27 heavy (non-hydrogen) atoms. The summed E-state index contributed by atoms with van der Waals surface area (Å²) in [4.78, 5) is 11.6. The van der Waals surface area contributed by atoms with Gasteiger partial charge < -0.3 is 9.80 Å². The molecule has 1 aromatic carbocycles. The van der Waals surface area contributed by atoms with Crippen molar-refractivity contribution in [2.24, 2.45) is 0 Å². The van der Waals surface area contributed by atoms with Crippen molar-refractivity contribution in [2.75, 3.05) is 56.1 Å². The Hall–Kier alpha value is -2.47. The first-order valence-corrected chi connectivity index (χ1v) is 9.86. The van der Waals surface area contributed by atoms with Crippen LogP contribution in [0.15, 0.2) is 42.6 Å². The van der Waals surface area contributed by atoms with Crippen LogP contribution in [0.25, 0.3) is 6.08 Å². The van der Waals surface area contributed by atoms with E-state index >= 15 is 0 Å². The van der Waals surface area contributed by atoms with E-state index in [1.807, 2.05) is 6.07 Å². The summed E-state index contributed by atoms with van der Waals surface area (Å²) in [6.45, 7) is 8.06. The number of piperazine rings is 1. The molecule has 0 bridgehead atoms. The van der Waals surface area contributed by atoms with E-state index in [0.717, 1.165) is 57.5 Å². The van der Waals surface area contributed by atoms with E-state index in [-0.39, 0.29) is 0 Å². The molecule has 0 unspecified atom stereocenters. The lowest BCUT2D eigenvalue weighted by molar-refractivity contribution is 0.282. The van der Waals surface area contributed by atoms with Crippen LogP contribution in [0.2, 0.25) is 0 Å². The fraction of sp³-hybridized carbons (Fsp3) is 0.476. The van der Waals surface area contributed by atoms with Gasteiger partial charge in [0.25, 0.3) is 0 Å². The van der Waals surface area contributed by atoms with Crippen molar-refractivity contribution < 1.29 is 0 Å². The highest BCUT2D eigenvalue weighted by Gasteiger charge is 2.19. The Kier molecular flexibility index (Phi) is 7.16. The van der Waals surface area contributed by atoms with Crippen molar-refractivity contribution in [1.82, 2.24) is 20.1 Å². The molecule has 0 spiro atoms. The molecule has 1 aliphatic rings. The normalized spacial score (nSPS) is 15.4. The second-order valence-corrected chi connectivity index (χ2v) is 6.99. The van der Waals surface area contributed by atoms with Gasteiger partial charge in [0.05, 0.1) is 6.20 Å². The molecule has 0 amide bonds. The van der Waals surface area contributed by atoms with Crippen LogP contribution in [0, 0.1) is 0 Å². The van der Waals surface area contributed by atoms with Gasteiger partial charge in [0.2, 0.25) is 5.95 Å². The van der Waals surface area contributed by atoms with Crippen molar-refractivity contribution in [2.45, 2.75) is 19.8 Å². The molecule has 0 atom stereocenters. The number of anilines is 2. The SMILES string of the molecule is CCCCN(C)c1cnnc(N2CCN(C/C=C/c3ccccc3)CC2)n1. The maximum absolute atomic E-state index is 4.72. The van der Waals surface area contributed by atoms with Crippen molar-refractivity contribution in [3.8, 4) is 0 Å². The van der Waals surface area contributed by atoms with E-state index in [2.05, 4.69) is 75.3 Å². The summed E-state index contributed by atoms with van der Waals surface area (Å²) in [6.07, 6.45) is 8.52. The lowest BCUT2D eigenvalue weighted by atomic mass is 10.2. The van der Waals surface area contributed by atoms with E-state index in [9.17, 15) is 0 Å². The highest BCUT2D eigenvalue weighted by atomic mass is 15.4. The molecule has 2 aromatic rings.